The third-order valence-corrected chi connectivity index (χ3v) is 3.67. The molecule has 0 radical (unpaired) electrons. The van der Waals surface area contributed by atoms with Gasteiger partial charge in [-0.15, -0.1) is 0 Å². The highest BCUT2D eigenvalue weighted by molar-refractivity contribution is 6.31. The summed E-state index contributed by atoms with van der Waals surface area (Å²) < 4.78 is 14.2. The summed E-state index contributed by atoms with van der Waals surface area (Å²) in [5.74, 6) is -0.328. The Labute approximate surface area is 128 Å². The van der Waals surface area contributed by atoms with Gasteiger partial charge in [0.05, 0.1) is 6.04 Å². The predicted octanol–water partition coefficient (Wildman–Crippen LogP) is 5.22. The van der Waals surface area contributed by atoms with Crippen LogP contribution in [0.5, 0.6) is 0 Å². The van der Waals surface area contributed by atoms with Gasteiger partial charge in [-0.05, 0) is 36.7 Å². The van der Waals surface area contributed by atoms with E-state index < -0.39 is 0 Å². The maximum absolute atomic E-state index is 14.2. The van der Waals surface area contributed by atoms with Gasteiger partial charge in [-0.25, -0.2) is 4.39 Å². The van der Waals surface area contributed by atoms with Gasteiger partial charge in [-0.2, -0.15) is 0 Å². The van der Waals surface area contributed by atoms with Gasteiger partial charge in [0.1, 0.15) is 5.82 Å². The first kappa shape index (κ1) is 15.3. The van der Waals surface area contributed by atoms with Crippen molar-refractivity contribution in [2.24, 2.45) is 0 Å². The first-order chi connectivity index (χ1) is 9.63. The Hall–Kier alpha value is -1.09. The van der Waals surface area contributed by atoms with Gasteiger partial charge in [-0.1, -0.05) is 54.4 Å². The molecule has 106 valence electrons. The highest BCUT2D eigenvalue weighted by Crippen LogP contribution is 2.30. The summed E-state index contributed by atoms with van der Waals surface area (Å²) in [6.07, 6.45) is 0.955. The van der Waals surface area contributed by atoms with Crippen LogP contribution in [0.3, 0.4) is 0 Å². The van der Waals surface area contributed by atoms with Gasteiger partial charge < -0.3 is 5.32 Å². The monoisotopic (exact) mass is 311 g/mol. The summed E-state index contributed by atoms with van der Waals surface area (Å²) in [4.78, 5) is 0. The Morgan fingerprint density at radius 2 is 1.85 bits per heavy atom. The van der Waals surface area contributed by atoms with E-state index in [1.165, 1.54) is 6.07 Å². The van der Waals surface area contributed by atoms with Crippen LogP contribution >= 0.6 is 23.2 Å². The molecule has 2 aromatic rings. The molecule has 1 nitrogen and oxygen atoms in total. The second-order valence-corrected chi connectivity index (χ2v) is 5.42. The normalized spacial score (nSPS) is 12.4. The average Bonchev–Trinajstić information content (AvgIpc) is 2.42. The Morgan fingerprint density at radius 1 is 1.10 bits per heavy atom. The predicted molar refractivity (Wildman–Crippen MR) is 83.0 cm³/mol. The molecule has 0 aliphatic rings. The molecular weight excluding hydrogens is 296 g/mol. The SMILES string of the molecule is CCCNC(c1ccc(Cl)cc1F)c1ccccc1Cl. The zero-order valence-electron chi connectivity index (χ0n) is 11.2. The van der Waals surface area contributed by atoms with Crippen molar-refractivity contribution in [2.75, 3.05) is 6.54 Å². The molecule has 0 fully saturated rings. The van der Waals surface area contributed by atoms with Gasteiger partial charge in [-0.3, -0.25) is 0 Å². The summed E-state index contributed by atoms with van der Waals surface area (Å²) in [6, 6.07) is 11.9. The van der Waals surface area contributed by atoms with Crippen LogP contribution in [-0.2, 0) is 0 Å². The largest absolute Gasteiger partial charge is 0.306 e. The van der Waals surface area contributed by atoms with E-state index in [0.29, 0.717) is 15.6 Å². The van der Waals surface area contributed by atoms with Crippen molar-refractivity contribution in [3.63, 3.8) is 0 Å². The fourth-order valence-corrected chi connectivity index (χ4v) is 2.52. The second-order valence-electron chi connectivity index (χ2n) is 4.57. The first-order valence-corrected chi connectivity index (χ1v) is 7.31. The van der Waals surface area contributed by atoms with Crippen molar-refractivity contribution in [3.8, 4) is 0 Å². The standard InChI is InChI=1S/C16H16Cl2FN/c1-2-9-20-16(12-5-3-4-6-14(12)18)13-8-7-11(17)10-15(13)19/h3-8,10,16,20H,2,9H2,1H3. The lowest BCUT2D eigenvalue weighted by Gasteiger charge is -2.21. The zero-order chi connectivity index (χ0) is 14.5. The summed E-state index contributed by atoms with van der Waals surface area (Å²) in [5.41, 5.74) is 1.42. The maximum atomic E-state index is 14.2. The van der Waals surface area contributed by atoms with Gasteiger partial charge in [0.15, 0.2) is 0 Å². The van der Waals surface area contributed by atoms with Gasteiger partial charge in [0.25, 0.3) is 0 Å². The molecule has 0 spiro atoms. The molecule has 2 rings (SSSR count). The van der Waals surface area contributed by atoms with E-state index in [-0.39, 0.29) is 11.9 Å². The number of hydrogen-bond acceptors (Lipinski definition) is 1. The molecule has 1 unspecified atom stereocenters. The minimum atomic E-state index is -0.328. The highest BCUT2D eigenvalue weighted by Gasteiger charge is 2.19. The van der Waals surface area contributed by atoms with Crippen molar-refractivity contribution in [1.29, 1.82) is 0 Å². The third kappa shape index (κ3) is 3.51. The van der Waals surface area contributed by atoms with Crippen LogP contribution in [0.25, 0.3) is 0 Å². The van der Waals surface area contributed by atoms with Crippen molar-refractivity contribution >= 4 is 23.2 Å². The number of benzene rings is 2. The zero-order valence-corrected chi connectivity index (χ0v) is 12.7. The van der Waals surface area contributed by atoms with E-state index in [1.807, 2.05) is 24.3 Å². The lowest BCUT2D eigenvalue weighted by Crippen LogP contribution is -2.24. The average molecular weight is 312 g/mol. The van der Waals surface area contributed by atoms with Gasteiger partial charge >= 0.3 is 0 Å². The Balaban J connectivity index is 2.44. The molecule has 4 heteroatoms. The topological polar surface area (TPSA) is 12.0 Å². The van der Waals surface area contributed by atoms with E-state index in [1.54, 1.807) is 12.1 Å². The molecule has 0 saturated heterocycles. The van der Waals surface area contributed by atoms with Crippen LogP contribution in [0.1, 0.15) is 30.5 Å². The van der Waals surface area contributed by atoms with Crippen molar-refractivity contribution < 1.29 is 4.39 Å². The van der Waals surface area contributed by atoms with Crippen molar-refractivity contribution in [1.82, 2.24) is 5.32 Å². The molecule has 0 bridgehead atoms. The number of nitrogens with one attached hydrogen (secondary N) is 1. The molecule has 2 aromatic carbocycles. The molecule has 0 aromatic heterocycles. The molecule has 1 atom stereocenters. The number of hydrogen-bond donors (Lipinski definition) is 1. The summed E-state index contributed by atoms with van der Waals surface area (Å²) in [7, 11) is 0. The Bertz CT molecular complexity index is 586. The first-order valence-electron chi connectivity index (χ1n) is 6.56. The quantitative estimate of drug-likeness (QED) is 0.798. The van der Waals surface area contributed by atoms with E-state index in [9.17, 15) is 4.39 Å². The minimum absolute atomic E-state index is 0.277. The highest BCUT2D eigenvalue weighted by atomic mass is 35.5. The fourth-order valence-electron chi connectivity index (χ4n) is 2.12. The second kappa shape index (κ2) is 7.07. The van der Waals surface area contributed by atoms with Crippen molar-refractivity contribution in [3.05, 3.63) is 69.5 Å². The van der Waals surface area contributed by atoms with E-state index in [2.05, 4.69) is 12.2 Å². The molecule has 20 heavy (non-hydrogen) atoms. The minimum Gasteiger partial charge on any atom is -0.306 e. The maximum Gasteiger partial charge on any atom is 0.129 e. The molecule has 0 amide bonds. The van der Waals surface area contributed by atoms with Crippen LogP contribution in [0.2, 0.25) is 10.0 Å². The van der Waals surface area contributed by atoms with Crippen LogP contribution in [0.15, 0.2) is 42.5 Å². The number of halogens is 3. The molecular formula is C16H16Cl2FN. The lowest BCUT2D eigenvalue weighted by atomic mass is 9.98. The van der Waals surface area contributed by atoms with Gasteiger partial charge in [0.2, 0.25) is 0 Å². The molecule has 0 heterocycles. The Kier molecular flexibility index (Phi) is 5.41. The van der Waals surface area contributed by atoms with Crippen LogP contribution in [-0.4, -0.2) is 6.54 Å². The van der Waals surface area contributed by atoms with E-state index >= 15 is 0 Å². The molecule has 1 N–H and O–H groups in total. The number of rotatable bonds is 5. The Morgan fingerprint density at radius 3 is 2.50 bits per heavy atom. The van der Waals surface area contributed by atoms with Gasteiger partial charge in [0, 0.05) is 15.6 Å². The molecule has 0 aliphatic heterocycles. The van der Waals surface area contributed by atoms with Crippen LogP contribution < -0.4 is 5.32 Å². The summed E-state index contributed by atoms with van der Waals surface area (Å²) in [5, 5.41) is 4.34. The summed E-state index contributed by atoms with van der Waals surface area (Å²) >= 11 is 12.1. The lowest BCUT2D eigenvalue weighted by molar-refractivity contribution is 0.547. The summed E-state index contributed by atoms with van der Waals surface area (Å²) in [6.45, 7) is 2.84. The third-order valence-electron chi connectivity index (χ3n) is 3.09. The molecule has 0 saturated carbocycles. The van der Waals surface area contributed by atoms with Crippen molar-refractivity contribution in [2.45, 2.75) is 19.4 Å². The molecule has 0 aliphatic carbocycles. The fraction of sp³-hybridized carbons (Fsp3) is 0.250. The van der Waals surface area contributed by atoms with E-state index in [4.69, 9.17) is 23.2 Å². The van der Waals surface area contributed by atoms with Crippen LogP contribution in [0, 0.1) is 5.82 Å². The van der Waals surface area contributed by atoms with Crippen LogP contribution in [0.4, 0.5) is 4.39 Å². The van der Waals surface area contributed by atoms with E-state index in [0.717, 1.165) is 18.5 Å². The smallest absolute Gasteiger partial charge is 0.129 e.